The molecule has 0 radical (unpaired) electrons. The molecule has 0 amide bonds. The van der Waals surface area contributed by atoms with Crippen molar-refractivity contribution in [3.8, 4) is 5.88 Å². The number of carbonyl (C=O) groups is 2. The molecule has 7 nitrogen and oxygen atoms in total. The van der Waals surface area contributed by atoms with Crippen LogP contribution >= 0.6 is 22.9 Å². The zero-order valence-corrected chi connectivity index (χ0v) is 17.9. The summed E-state index contributed by atoms with van der Waals surface area (Å²) in [6.07, 6.45) is 8.26. The summed E-state index contributed by atoms with van der Waals surface area (Å²) in [4.78, 5) is 33.4. The predicted octanol–water partition coefficient (Wildman–Crippen LogP) is 3.58. The molecular formula is C20H23ClN3O4S+. The fourth-order valence-electron chi connectivity index (χ4n) is 3.10. The van der Waals surface area contributed by atoms with Gasteiger partial charge in [-0.05, 0) is 25.7 Å². The Balaban J connectivity index is 1.98. The average molecular weight is 437 g/mol. The number of nitrogens with zero attached hydrogens (tertiary/aromatic N) is 2. The van der Waals surface area contributed by atoms with Crippen LogP contribution in [0.1, 0.15) is 47.4 Å². The Labute approximate surface area is 178 Å². The van der Waals surface area contributed by atoms with Crippen LogP contribution in [-0.4, -0.2) is 35.4 Å². The number of esters is 1. The maximum absolute atomic E-state index is 13.0. The molecule has 2 aromatic rings. The third kappa shape index (κ3) is 4.76. The Bertz CT molecular complexity index is 959. The number of nitrogens with one attached hydrogen (secondary N) is 1. The van der Waals surface area contributed by atoms with Gasteiger partial charge in [0.2, 0.25) is 0 Å². The van der Waals surface area contributed by atoms with Crippen LogP contribution in [0.4, 0.5) is 0 Å². The Morgan fingerprint density at radius 3 is 2.79 bits per heavy atom. The summed E-state index contributed by atoms with van der Waals surface area (Å²) in [7, 11) is 1.44. The van der Waals surface area contributed by atoms with Gasteiger partial charge in [0.1, 0.15) is 6.54 Å². The van der Waals surface area contributed by atoms with E-state index in [0.717, 1.165) is 29.7 Å². The highest BCUT2D eigenvalue weighted by atomic mass is 35.5. The molecule has 0 unspecified atom stereocenters. The summed E-state index contributed by atoms with van der Waals surface area (Å²) >= 11 is 7.25. The minimum Gasteiger partial charge on any atom is -0.462 e. The van der Waals surface area contributed by atoms with Crippen LogP contribution in [0.15, 0.2) is 24.9 Å². The van der Waals surface area contributed by atoms with Gasteiger partial charge in [-0.3, -0.25) is 4.79 Å². The zero-order valence-electron chi connectivity index (χ0n) is 16.4. The number of carbonyl (C=O) groups excluding carboxylic acids is 2. The fourth-order valence-corrected chi connectivity index (χ4v) is 4.06. The van der Waals surface area contributed by atoms with Crippen LogP contribution < -0.4 is 9.30 Å². The molecule has 1 aliphatic rings. The second kappa shape index (κ2) is 9.37. The van der Waals surface area contributed by atoms with Crippen molar-refractivity contribution in [2.45, 2.75) is 32.7 Å². The number of H-pyrrole nitrogens is 1. The summed E-state index contributed by atoms with van der Waals surface area (Å²) in [6, 6.07) is 0. The van der Waals surface area contributed by atoms with Gasteiger partial charge in [0.05, 0.1) is 18.6 Å². The molecular weight excluding hydrogens is 414 g/mol. The quantitative estimate of drug-likeness (QED) is 0.213. The molecule has 29 heavy (non-hydrogen) atoms. The number of aromatic nitrogens is 3. The third-order valence-corrected chi connectivity index (χ3v) is 5.95. The second-order valence-corrected chi connectivity index (χ2v) is 8.53. The summed E-state index contributed by atoms with van der Waals surface area (Å²) in [6.45, 7) is 6.14. The number of aromatic amines is 1. The van der Waals surface area contributed by atoms with Crippen LogP contribution in [0, 0.1) is 5.92 Å². The lowest BCUT2D eigenvalue weighted by Gasteiger charge is -2.24. The van der Waals surface area contributed by atoms with E-state index in [4.69, 9.17) is 21.1 Å². The molecule has 0 aromatic carbocycles. The number of imidazole rings is 1. The van der Waals surface area contributed by atoms with Crippen molar-refractivity contribution in [3.05, 3.63) is 45.8 Å². The third-order valence-electron chi connectivity index (χ3n) is 4.85. The van der Waals surface area contributed by atoms with Gasteiger partial charge in [-0.2, -0.15) is 0 Å². The van der Waals surface area contributed by atoms with Crippen molar-refractivity contribution in [1.82, 2.24) is 9.97 Å². The van der Waals surface area contributed by atoms with Crippen LogP contribution in [0.3, 0.4) is 0 Å². The van der Waals surface area contributed by atoms with Gasteiger partial charge in [0.15, 0.2) is 4.47 Å². The average Bonchev–Trinajstić information content (AvgIpc) is 3.23. The predicted molar refractivity (Wildman–Crippen MR) is 110 cm³/mol. The minimum absolute atomic E-state index is 0.0995. The number of ketones is 1. The summed E-state index contributed by atoms with van der Waals surface area (Å²) in [5.74, 6) is -0.494. The van der Waals surface area contributed by atoms with E-state index >= 15 is 0 Å². The first-order chi connectivity index (χ1) is 13.9. The van der Waals surface area contributed by atoms with Crippen LogP contribution in [0.25, 0.3) is 5.57 Å². The monoisotopic (exact) mass is 436 g/mol. The van der Waals surface area contributed by atoms with Crippen molar-refractivity contribution >= 4 is 40.3 Å². The number of Topliss-reactive ketones (excluding diaryl/α,β-unsaturated/α-hetero) is 1. The highest BCUT2D eigenvalue weighted by Crippen LogP contribution is 2.27. The first-order valence-electron chi connectivity index (χ1n) is 9.25. The Hall–Kier alpha value is -2.45. The van der Waals surface area contributed by atoms with Gasteiger partial charge in [-0.15, -0.1) is 11.3 Å². The fraction of sp³-hybridized carbons (Fsp3) is 0.400. The molecule has 0 saturated heterocycles. The van der Waals surface area contributed by atoms with E-state index in [1.54, 1.807) is 22.9 Å². The van der Waals surface area contributed by atoms with Crippen molar-refractivity contribution < 1.29 is 23.6 Å². The molecule has 1 saturated carbocycles. The molecule has 2 aromatic heterocycles. The number of hydrogen-bond donors (Lipinski definition) is 1. The molecule has 0 aliphatic heterocycles. The summed E-state index contributed by atoms with van der Waals surface area (Å²) in [5.41, 5.74) is 0.915. The summed E-state index contributed by atoms with van der Waals surface area (Å²) in [5, 5.41) is 0. The second-order valence-electron chi connectivity index (χ2n) is 6.83. The first kappa shape index (κ1) is 21.3. The van der Waals surface area contributed by atoms with Gasteiger partial charge in [-0.25, -0.2) is 19.3 Å². The SMILES string of the molecule is C=C/C=C(/C)c1[nH]c(OC)c(C(=O)C(=O)OCC2CCC2)[n+]1Cc1cnc(Cl)s1. The number of methoxy groups -OCH3 is 1. The number of halogens is 1. The maximum atomic E-state index is 13.0. The normalized spacial score (nSPS) is 14.4. The number of hydrogen-bond acceptors (Lipinski definition) is 6. The maximum Gasteiger partial charge on any atom is 0.383 e. The zero-order chi connectivity index (χ0) is 21.0. The van der Waals surface area contributed by atoms with E-state index in [0.29, 0.717) is 22.8 Å². The molecule has 1 fully saturated rings. The van der Waals surface area contributed by atoms with Crippen molar-refractivity contribution in [2.75, 3.05) is 13.7 Å². The number of allylic oxidation sites excluding steroid dienone is 3. The standard InChI is InChI=1S/C20H22ClN3O4S/c1-4-6-12(2)17-23-18(27-3)15(24(17)10-14-9-22-20(21)29-14)16(25)19(26)28-11-13-7-5-8-13/h4,6,9,13H,1,5,7-8,10-11H2,2-3H3/p+1/b12-6-. The molecule has 154 valence electrons. The molecule has 0 spiro atoms. The molecule has 0 atom stereocenters. The van der Waals surface area contributed by atoms with E-state index in [1.807, 2.05) is 6.92 Å². The highest BCUT2D eigenvalue weighted by Gasteiger charge is 2.37. The number of ether oxygens (including phenoxy) is 2. The smallest absolute Gasteiger partial charge is 0.383 e. The minimum atomic E-state index is -0.887. The van der Waals surface area contributed by atoms with Crippen LogP contribution in [0.5, 0.6) is 5.88 Å². The van der Waals surface area contributed by atoms with Gasteiger partial charge in [0, 0.05) is 11.8 Å². The molecule has 3 rings (SSSR count). The molecule has 1 aliphatic carbocycles. The van der Waals surface area contributed by atoms with E-state index in [2.05, 4.69) is 16.5 Å². The lowest BCUT2D eigenvalue weighted by atomic mass is 9.86. The van der Waals surface area contributed by atoms with Crippen LogP contribution in [0.2, 0.25) is 4.47 Å². The van der Waals surface area contributed by atoms with Gasteiger partial charge in [-0.1, -0.05) is 36.8 Å². The van der Waals surface area contributed by atoms with Gasteiger partial charge in [0.25, 0.3) is 11.5 Å². The van der Waals surface area contributed by atoms with Gasteiger partial charge < -0.3 is 9.47 Å². The van der Waals surface area contributed by atoms with Gasteiger partial charge >= 0.3 is 17.6 Å². The van der Waals surface area contributed by atoms with E-state index < -0.39 is 11.8 Å². The van der Waals surface area contributed by atoms with Crippen molar-refractivity contribution in [3.63, 3.8) is 0 Å². The Morgan fingerprint density at radius 2 is 2.24 bits per heavy atom. The summed E-state index contributed by atoms with van der Waals surface area (Å²) < 4.78 is 12.7. The lowest BCUT2D eigenvalue weighted by molar-refractivity contribution is -0.690. The largest absolute Gasteiger partial charge is 0.462 e. The van der Waals surface area contributed by atoms with Crippen LogP contribution in [-0.2, 0) is 16.1 Å². The Morgan fingerprint density at radius 1 is 1.48 bits per heavy atom. The number of thiazole rings is 1. The highest BCUT2D eigenvalue weighted by molar-refractivity contribution is 7.15. The van der Waals surface area contributed by atoms with E-state index in [9.17, 15) is 9.59 Å². The molecule has 9 heteroatoms. The molecule has 1 N–H and O–H groups in total. The van der Waals surface area contributed by atoms with Crippen molar-refractivity contribution in [2.24, 2.45) is 5.92 Å². The lowest BCUT2D eigenvalue weighted by Crippen LogP contribution is -2.44. The van der Waals surface area contributed by atoms with E-state index in [1.165, 1.54) is 18.4 Å². The number of rotatable bonds is 9. The Kier molecular flexibility index (Phi) is 6.87. The van der Waals surface area contributed by atoms with Crippen molar-refractivity contribution in [1.29, 1.82) is 0 Å². The first-order valence-corrected chi connectivity index (χ1v) is 10.4. The van der Waals surface area contributed by atoms with E-state index in [-0.39, 0.29) is 18.2 Å². The molecule has 2 heterocycles. The molecule has 0 bridgehead atoms. The topological polar surface area (TPSA) is 85.2 Å².